The zero-order chi connectivity index (χ0) is 15.4. The molecular formula is C17H19F2NO. The number of ether oxygens (including phenoxy) is 1. The van der Waals surface area contributed by atoms with Crippen LogP contribution in [-0.4, -0.2) is 6.04 Å². The van der Waals surface area contributed by atoms with Gasteiger partial charge in [0.15, 0.2) is 11.6 Å². The second-order valence-electron chi connectivity index (χ2n) is 5.30. The van der Waals surface area contributed by atoms with E-state index in [1.54, 1.807) is 0 Å². The van der Waals surface area contributed by atoms with E-state index in [1.807, 2.05) is 25.1 Å². The zero-order valence-electron chi connectivity index (χ0n) is 12.4. The molecule has 0 saturated carbocycles. The van der Waals surface area contributed by atoms with Gasteiger partial charge >= 0.3 is 0 Å². The fraction of sp³-hybridized carbons (Fsp3) is 0.294. The average molecular weight is 291 g/mol. The van der Waals surface area contributed by atoms with E-state index in [0.717, 1.165) is 24.2 Å². The van der Waals surface area contributed by atoms with E-state index in [-0.39, 0.29) is 5.75 Å². The number of halogens is 2. The van der Waals surface area contributed by atoms with Crippen LogP contribution in [-0.2, 0) is 6.54 Å². The van der Waals surface area contributed by atoms with E-state index in [2.05, 4.69) is 19.2 Å². The van der Waals surface area contributed by atoms with Crippen LogP contribution < -0.4 is 10.1 Å². The maximum atomic E-state index is 13.1. The van der Waals surface area contributed by atoms with Gasteiger partial charge in [0.25, 0.3) is 0 Å². The molecule has 0 aliphatic carbocycles. The standard InChI is InChI=1S/C17H19F2NO/c1-11(2)20-10-13-4-5-14(8-12(13)3)21-15-6-7-16(18)17(19)9-15/h4-9,11,20H,10H2,1-3H3. The molecule has 2 rings (SSSR count). The summed E-state index contributed by atoms with van der Waals surface area (Å²) in [5.74, 6) is -0.913. The second kappa shape index (κ2) is 6.68. The number of rotatable bonds is 5. The molecule has 0 spiro atoms. The van der Waals surface area contributed by atoms with Crippen LogP contribution in [0.2, 0.25) is 0 Å². The van der Waals surface area contributed by atoms with Gasteiger partial charge in [-0.05, 0) is 42.3 Å². The average Bonchev–Trinajstić information content (AvgIpc) is 2.42. The molecule has 0 unspecified atom stereocenters. The number of hydrogen-bond donors (Lipinski definition) is 1. The molecule has 4 heteroatoms. The summed E-state index contributed by atoms with van der Waals surface area (Å²) in [6.07, 6.45) is 0. The molecule has 112 valence electrons. The van der Waals surface area contributed by atoms with Gasteiger partial charge in [0.05, 0.1) is 0 Å². The van der Waals surface area contributed by atoms with E-state index in [4.69, 9.17) is 4.74 Å². The van der Waals surface area contributed by atoms with E-state index in [1.165, 1.54) is 11.6 Å². The van der Waals surface area contributed by atoms with Gasteiger partial charge in [-0.15, -0.1) is 0 Å². The number of aryl methyl sites for hydroxylation is 1. The minimum absolute atomic E-state index is 0.279. The van der Waals surface area contributed by atoms with E-state index < -0.39 is 11.6 Å². The molecule has 0 atom stereocenters. The molecule has 21 heavy (non-hydrogen) atoms. The maximum absolute atomic E-state index is 13.1. The SMILES string of the molecule is Cc1cc(Oc2ccc(F)c(F)c2)ccc1CNC(C)C. The van der Waals surface area contributed by atoms with Crippen LogP contribution in [0.3, 0.4) is 0 Å². The second-order valence-corrected chi connectivity index (χ2v) is 5.30. The third-order valence-electron chi connectivity index (χ3n) is 3.14. The fourth-order valence-electron chi connectivity index (χ4n) is 1.92. The van der Waals surface area contributed by atoms with Crippen molar-refractivity contribution < 1.29 is 13.5 Å². The van der Waals surface area contributed by atoms with Crippen molar-refractivity contribution in [2.75, 3.05) is 0 Å². The summed E-state index contributed by atoms with van der Waals surface area (Å²) >= 11 is 0. The summed E-state index contributed by atoms with van der Waals surface area (Å²) in [6.45, 7) is 6.97. The summed E-state index contributed by atoms with van der Waals surface area (Å²) in [4.78, 5) is 0. The van der Waals surface area contributed by atoms with Crippen molar-refractivity contribution in [1.82, 2.24) is 5.32 Å². The quantitative estimate of drug-likeness (QED) is 0.871. The molecule has 0 aliphatic heterocycles. The molecule has 0 radical (unpaired) electrons. The first-order valence-electron chi connectivity index (χ1n) is 6.91. The van der Waals surface area contributed by atoms with Crippen LogP contribution in [0.5, 0.6) is 11.5 Å². The lowest BCUT2D eigenvalue weighted by molar-refractivity contribution is 0.461. The Labute approximate surface area is 123 Å². The first-order chi connectivity index (χ1) is 9.95. The van der Waals surface area contributed by atoms with E-state index >= 15 is 0 Å². The fourth-order valence-corrected chi connectivity index (χ4v) is 1.92. The van der Waals surface area contributed by atoms with Crippen molar-refractivity contribution in [2.45, 2.75) is 33.4 Å². The largest absolute Gasteiger partial charge is 0.457 e. The molecule has 1 N–H and O–H groups in total. The summed E-state index contributed by atoms with van der Waals surface area (Å²) in [7, 11) is 0. The minimum Gasteiger partial charge on any atom is -0.457 e. The molecule has 0 fully saturated rings. The zero-order valence-corrected chi connectivity index (χ0v) is 12.4. The van der Waals surface area contributed by atoms with E-state index in [0.29, 0.717) is 11.8 Å². The van der Waals surface area contributed by atoms with Gasteiger partial charge < -0.3 is 10.1 Å². The molecule has 0 heterocycles. The lowest BCUT2D eigenvalue weighted by Gasteiger charge is -2.12. The summed E-state index contributed by atoms with van der Waals surface area (Å²) in [5.41, 5.74) is 2.27. The Balaban J connectivity index is 2.10. The normalized spacial score (nSPS) is 11.0. The molecule has 0 bridgehead atoms. The maximum Gasteiger partial charge on any atom is 0.162 e. The molecule has 2 aromatic rings. The highest BCUT2D eigenvalue weighted by Gasteiger charge is 2.06. The first-order valence-corrected chi connectivity index (χ1v) is 6.91. The van der Waals surface area contributed by atoms with Gasteiger partial charge in [-0.25, -0.2) is 8.78 Å². The summed E-state index contributed by atoms with van der Waals surface area (Å²) in [5, 5.41) is 3.35. The highest BCUT2D eigenvalue weighted by Crippen LogP contribution is 2.25. The molecule has 0 saturated heterocycles. The predicted octanol–water partition coefficient (Wildman–Crippen LogP) is 4.56. The van der Waals surface area contributed by atoms with Gasteiger partial charge in [0.2, 0.25) is 0 Å². The molecule has 0 amide bonds. The third kappa shape index (κ3) is 4.26. The third-order valence-corrected chi connectivity index (χ3v) is 3.14. The van der Waals surface area contributed by atoms with Crippen LogP contribution >= 0.6 is 0 Å². The molecule has 0 aliphatic rings. The predicted molar refractivity (Wildman–Crippen MR) is 79.6 cm³/mol. The van der Waals surface area contributed by atoms with Gasteiger partial charge in [-0.3, -0.25) is 0 Å². The van der Waals surface area contributed by atoms with Crippen LogP contribution in [0.1, 0.15) is 25.0 Å². The number of benzene rings is 2. The van der Waals surface area contributed by atoms with Crippen LogP contribution in [0, 0.1) is 18.6 Å². The minimum atomic E-state index is -0.915. The van der Waals surface area contributed by atoms with Gasteiger partial charge in [-0.1, -0.05) is 19.9 Å². The van der Waals surface area contributed by atoms with Crippen LogP contribution in [0.4, 0.5) is 8.78 Å². The topological polar surface area (TPSA) is 21.3 Å². The Morgan fingerprint density at radius 3 is 2.29 bits per heavy atom. The van der Waals surface area contributed by atoms with Crippen molar-refractivity contribution in [3.8, 4) is 11.5 Å². The summed E-state index contributed by atoms with van der Waals surface area (Å²) < 4.78 is 31.6. The molecular weight excluding hydrogens is 272 g/mol. The number of hydrogen-bond acceptors (Lipinski definition) is 2. The Kier molecular flexibility index (Phi) is 4.91. The van der Waals surface area contributed by atoms with Crippen molar-refractivity contribution >= 4 is 0 Å². The summed E-state index contributed by atoms with van der Waals surface area (Å²) in [6, 6.07) is 9.60. The monoisotopic (exact) mass is 291 g/mol. The highest BCUT2D eigenvalue weighted by molar-refractivity contribution is 5.38. The molecule has 0 aromatic heterocycles. The lowest BCUT2D eigenvalue weighted by atomic mass is 10.1. The Morgan fingerprint density at radius 1 is 1.00 bits per heavy atom. The van der Waals surface area contributed by atoms with Gasteiger partial charge in [0, 0.05) is 18.7 Å². The van der Waals surface area contributed by atoms with E-state index in [9.17, 15) is 8.78 Å². The van der Waals surface area contributed by atoms with Crippen molar-refractivity contribution in [2.24, 2.45) is 0 Å². The molecule has 2 aromatic carbocycles. The van der Waals surface area contributed by atoms with Gasteiger partial charge in [-0.2, -0.15) is 0 Å². The van der Waals surface area contributed by atoms with Crippen LogP contribution in [0.15, 0.2) is 36.4 Å². The smallest absolute Gasteiger partial charge is 0.162 e. The first kappa shape index (κ1) is 15.4. The number of nitrogens with one attached hydrogen (secondary N) is 1. The van der Waals surface area contributed by atoms with Crippen molar-refractivity contribution in [1.29, 1.82) is 0 Å². The van der Waals surface area contributed by atoms with Gasteiger partial charge in [0.1, 0.15) is 11.5 Å². The Hall–Kier alpha value is -1.94. The lowest BCUT2D eigenvalue weighted by Crippen LogP contribution is -2.22. The van der Waals surface area contributed by atoms with Crippen molar-refractivity contribution in [3.05, 3.63) is 59.2 Å². The van der Waals surface area contributed by atoms with Crippen LogP contribution in [0.25, 0.3) is 0 Å². The molecule has 2 nitrogen and oxygen atoms in total. The Morgan fingerprint density at radius 2 is 1.67 bits per heavy atom. The highest BCUT2D eigenvalue weighted by atomic mass is 19.2. The van der Waals surface area contributed by atoms with Crippen molar-refractivity contribution in [3.63, 3.8) is 0 Å². The Bertz CT molecular complexity index is 626.